The van der Waals surface area contributed by atoms with E-state index in [0.717, 1.165) is 130 Å². The van der Waals surface area contributed by atoms with E-state index >= 15 is 26.3 Å². The average Bonchev–Trinajstić information content (AvgIpc) is 1.75. The maximum absolute atomic E-state index is 15.9. The summed E-state index contributed by atoms with van der Waals surface area (Å²) in [6.07, 6.45) is 23.3. The van der Waals surface area contributed by atoms with Gasteiger partial charge in [0.2, 0.25) is 11.4 Å². The van der Waals surface area contributed by atoms with Gasteiger partial charge in [-0.3, -0.25) is 0 Å². The molecule has 2 N–H and O–H groups in total. The number of halogens is 6. The molecule has 2 saturated carbocycles. The van der Waals surface area contributed by atoms with Crippen molar-refractivity contribution in [3.8, 4) is 0 Å². The normalized spacial score (nSPS) is 21.7. The van der Waals surface area contributed by atoms with Crippen molar-refractivity contribution in [1.29, 1.82) is 0 Å². The van der Waals surface area contributed by atoms with Crippen molar-refractivity contribution in [3.05, 3.63) is 248 Å². The second-order valence-corrected chi connectivity index (χ2v) is 36.6. The van der Waals surface area contributed by atoms with Gasteiger partial charge in [0.05, 0.1) is 0 Å². The highest BCUT2D eigenvalue weighted by atomic mass is 32.2. The molecule has 26 heteroatoms. The highest BCUT2D eigenvalue weighted by molar-refractivity contribution is 7.94. The Bertz CT molecular complexity index is 4540. The topological polar surface area (TPSA) is 165 Å². The van der Waals surface area contributed by atoms with Crippen molar-refractivity contribution in [2.45, 2.75) is 205 Å². The van der Waals surface area contributed by atoms with Crippen LogP contribution in [-0.2, 0) is 73.5 Å². The first-order valence-electron chi connectivity index (χ1n) is 38.6. The zero-order valence-electron chi connectivity index (χ0n) is 65.5. The van der Waals surface area contributed by atoms with E-state index in [-0.39, 0.29) is 48.2 Å². The number of unbranched alkanes of at least 4 members (excludes halogenated alkanes) is 6. The lowest BCUT2D eigenvalue weighted by Crippen LogP contribution is -2.38. The van der Waals surface area contributed by atoms with Crippen LogP contribution in [0.5, 0.6) is 0 Å². The summed E-state index contributed by atoms with van der Waals surface area (Å²) in [5.74, 6) is 0.995. The summed E-state index contributed by atoms with van der Waals surface area (Å²) in [6, 6.07) is 37.3. The molecule has 0 bridgehead atoms. The molecule has 16 nitrogen and oxygen atoms in total. The van der Waals surface area contributed by atoms with Crippen LogP contribution in [0.2, 0.25) is 0 Å². The Balaban J connectivity index is 1.07. The number of sulfonamides is 2. The second kappa shape index (κ2) is 35.7. The third-order valence-electron chi connectivity index (χ3n) is 22.7. The monoisotopic (exact) mass is 1620 g/mol. The SMILES string of the molecule is CCCCCN1/C(=C/C=C2\CCC(=C/C=C3/N(CCCCSOOO)c4ccccc4C3(C)C)\C2=[N+](/Cc2ccc(C/[N+](=C3C(=C/C=C4/N(CCCCC)c5ccccc5C4(C)C)/CCC/3=C\C=C3\N(CCCCSOOO)c4ccccc4C3(C)C)S(=O)(=O)C(F)(F)F)cc2)S(=O)(=O)C(F)(F)F)C(C)(C)c2ccccc21. The average molecular weight is 1620 g/mol. The second-order valence-electron chi connectivity index (χ2n) is 31.3. The van der Waals surface area contributed by atoms with Gasteiger partial charge in [-0.05, 0) is 135 Å². The smallest absolute Gasteiger partial charge is 0.344 e. The molecule has 0 atom stereocenters. The van der Waals surface area contributed by atoms with Crippen molar-refractivity contribution >= 4 is 78.3 Å². The summed E-state index contributed by atoms with van der Waals surface area (Å²) < 4.78 is 165. The summed E-state index contributed by atoms with van der Waals surface area (Å²) in [5, 5.41) is 25.0. The summed E-state index contributed by atoms with van der Waals surface area (Å²) in [6.45, 7) is 21.5. The van der Waals surface area contributed by atoms with Crippen molar-refractivity contribution < 1.29 is 80.4 Å². The van der Waals surface area contributed by atoms with Crippen LogP contribution in [-0.4, -0.2) is 95.4 Å². The quantitative estimate of drug-likeness (QED) is 0.0104. The van der Waals surface area contributed by atoms with Crippen molar-refractivity contribution in [1.82, 2.24) is 0 Å². The Morgan fingerprint density at radius 1 is 0.393 bits per heavy atom. The third-order valence-corrected chi connectivity index (χ3v) is 26.9. The molecule has 0 radical (unpaired) electrons. The first kappa shape index (κ1) is 85.4. The van der Waals surface area contributed by atoms with Crippen LogP contribution in [0, 0.1) is 0 Å². The van der Waals surface area contributed by atoms with Crippen LogP contribution in [0.3, 0.4) is 0 Å². The summed E-state index contributed by atoms with van der Waals surface area (Å²) in [5.41, 5.74) is -1.65. The molecule has 11 rings (SSSR count). The lowest BCUT2D eigenvalue weighted by Gasteiger charge is -2.27. The number of allylic oxidation sites excluding steroid dienone is 16. The summed E-state index contributed by atoms with van der Waals surface area (Å²) >= 11 is 1.89. The van der Waals surface area contributed by atoms with Gasteiger partial charge in [-0.25, -0.2) is 10.5 Å². The minimum Gasteiger partial charge on any atom is -0.344 e. The molecule has 6 aliphatic rings. The lowest BCUT2D eigenvalue weighted by atomic mass is 9.83. The van der Waals surface area contributed by atoms with Crippen LogP contribution in [0.25, 0.3) is 0 Å². The van der Waals surface area contributed by atoms with E-state index in [1.807, 2.05) is 97.1 Å². The van der Waals surface area contributed by atoms with Gasteiger partial charge >= 0.3 is 31.1 Å². The fourth-order valence-electron chi connectivity index (χ4n) is 16.9. The molecule has 5 aromatic carbocycles. The molecule has 0 unspecified atom stereocenters. The predicted octanol–water partition coefficient (Wildman–Crippen LogP) is 21.4. The van der Waals surface area contributed by atoms with E-state index in [2.05, 4.69) is 132 Å². The Labute approximate surface area is 665 Å². The van der Waals surface area contributed by atoms with Crippen molar-refractivity contribution in [3.63, 3.8) is 0 Å². The number of rotatable bonds is 32. The predicted molar refractivity (Wildman–Crippen MR) is 437 cm³/mol. The molecule has 2 fully saturated rings. The van der Waals surface area contributed by atoms with E-state index in [9.17, 15) is 16.8 Å². The summed E-state index contributed by atoms with van der Waals surface area (Å²) in [4.78, 5) is 8.80. The molecular formula is C86H104F6N6O10S4+2. The van der Waals surface area contributed by atoms with Crippen LogP contribution in [0.1, 0.15) is 193 Å². The van der Waals surface area contributed by atoms with E-state index < -0.39 is 65.8 Å². The maximum atomic E-state index is 15.9. The molecule has 2 aliphatic carbocycles. The zero-order valence-corrected chi connectivity index (χ0v) is 68.7. The van der Waals surface area contributed by atoms with E-state index in [1.165, 1.54) is 24.3 Å². The first-order chi connectivity index (χ1) is 53.3. The zero-order chi connectivity index (χ0) is 80.6. The van der Waals surface area contributed by atoms with Gasteiger partial charge in [0.1, 0.15) is 0 Å². The van der Waals surface area contributed by atoms with Crippen molar-refractivity contribution in [2.24, 2.45) is 0 Å². The molecule has 0 saturated heterocycles. The standard InChI is InChI=1S/C86H102F6N6O10S4/c1-11-13-23-53-93-71-33-19-15-29-67(71)81(3,4)75(93)49-45-63-41-43-65(47-51-77-83(7,8)69-31-17-21-35-73(69)95(77)55-25-27-57-109-107-105-99)79(63)97(111(101,102)85(87,88)89)59-61-37-39-62(40-38-61)60-98(112(103,104)86(90,91)92)80-64(46-50-76-82(5,6)68-30-16-20-34-72(68)94(76)54-24-14-12-2)42-44-66(80)48-52-78-84(9,10)70-32-18-22-36-74(70)96(78)56-26-28-58-110-108-106-100/h15-22,29-40,45-52H,11-14,23-28,41-44,53-60H2,1-10H3/p+2. The number of hydrogen-bond acceptors (Lipinski definition) is 16. The van der Waals surface area contributed by atoms with Crippen molar-refractivity contribution in [2.75, 3.05) is 57.3 Å². The highest BCUT2D eigenvalue weighted by Gasteiger charge is 2.59. The first-order valence-corrected chi connectivity index (χ1v) is 43.3. The summed E-state index contributed by atoms with van der Waals surface area (Å²) in [7, 11) is -12.6. The van der Waals surface area contributed by atoms with Crippen LogP contribution in [0.15, 0.2) is 215 Å². The van der Waals surface area contributed by atoms with Gasteiger partial charge < -0.3 is 19.6 Å². The van der Waals surface area contributed by atoms with E-state index in [4.69, 9.17) is 10.5 Å². The van der Waals surface area contributed by atoms with E-state index in [1.54, 1.807) is 24.3 Å². The largest absolute Gasteiger partial charge is 0.560 e. The molecule has 0 amide bonds. The van der Waals surface area contributed by atoms with Gasteiger partial charge in [0, 0.05) is 162 Å². The molecule has 4 heterocycles. The molecule has 4 aliphatic heterocycles. The number of alkyl halides is 6. The Hall–Kier alpha value is -7.50. The molecular weight excluding hydrogens is 1520 g/mol. The molecule has 0 spiro atoms. The lowest BCUT2D eigenvalue weighted by molar-refractivity contribution is -0.432. The van der Waals surface area contributed by atoms with Gasteiger partial charge in [-0.1, -0.05) is 226 Å². The van der Waals surface area contributed by atoms with Crippen LogP contribution < -0.4 is 19.6 Å². The number of fused-ring (bicyclic) bond motifs is 4. The van der Waals surface area contributed by atoms with Gasteiger partial charge in [-0.15, -0.1) is 16.6 Å². The number of hydrogen-bond donors (Lipinski definition) is 2. The van der Waals surface area contributed by atoms with Crippen LogP contribution in [0.4, 0.5) is 49.1 Å². The van der Waals surface area contributed by atoms with Crippen LogP contribution >= 0.6 is 24.1 Å². The van der Waals surface area contributed by atoms with E-state index in [0.29, 0.717) is 93.6 Å². The minimum absolute atomic E-state index is 0.0337. The number of benzene rings is 5. The Morgan fingerprint density at radius 2 is 0.643 bits per heavy atom. The highest BCUT2D eigenvalue weighted by Crippen LogP contribution is 2.53. The molecule has 602 valence electrons. The van der Waals surface area contributed by atoms with Gasteiger partial charge in [-0.2, -0.15) is 43.2 Å². The molecule has 112 heavy (non-hydrogen) atoms. The van der Waals surface area contributed by atoms with Gasteiger partial charge in [0.25, 0.3) is 0 Å². The Morgan fingerprint density at radius 3 is 0.884 bits per heavy atom. The Kier molecular flexibility index (Phi) is 27.2. The number of para-hydroxylation sites is 4. The molecule has 5 aromatic rings. The fraction of sp³-hybridized carbons (Fsp3) is 0.442. The third kappa shape index (κ3) is 17.7. The maximum Gasteiger partial charge on any atom is 0.560 e. The minimum atomic E-state index is -6.28. The van der Waals surface area contributed by atoms with Gasteiger partial charge in [0.15, 0.2) is 13.1 Å². The fourth-order valence-corrected chi connectivity index (χ4v) is 19.8. The molecule has 0 aromatic heterocycles. The number of nitrogens with zero attached hydrogens (tertiary/aromatic N) is 6. The number of anilines is 4.